The molecular formula is C29H35N4O5+. The number of benzene rings is 1. The van der Waals surface area contributed by atoms with Crippen molar-refractivity contribution in [3.05, 3.63) is 58.8 Å². The van der Waals surface area contributed by atoms with Crippen LogP contribution in [0.1, 0.15) is 53.0 Å². The average molecular weight is 520 g/mol. The molecule has 9 heteroatoms. The van der Waals surface area contributed by atoms with Crippen molar-refractivity contribution in [2.45, 2.75) is 47.5 Å². The number of anilines is 2. The number of amides is 2. The monoisotopic (exact) mass is 519 g/mol. The van der Waals surface area contributed by atoms with E-state index in [0.29, 0.717) is 5.69 Å². The van der Waals surface area contributed by atoms with E-state index in [0.717, 1.165) is 37.6 Å². The molecule has 1 saturated carbocycles. The molecule has 2 N–H and O–H groups in total. The van der Waals surface area contributed by atoms with E-state index in [2.05, 4.69) is 20.1 Å². The summed E-state index contributed by atoms with van der Waals surface area (Å²) in [7, 11) is 0. The van der Waals surface area contributed by atoms with Crippen LogP contribution in [0, 0.1) is 0 Å². The van der Waals surface area contributed by atoms with E-state index in [-0.39, 0.29) is 34.2 Å². The van der Waals surface area contributed by atoms with Crippen molar-refractivity contribution in [2.24, 2.45) is 0 Å². The van der Waals surface area contributed by atoms with Crippen LogP contribution in [0.15, 0.2) is 53.3 Å². The molecule has 1 atom stereocenters. The van der Waals surface area contributed by atoms with Gasteiger partial charge in [0.05, 0.1) is 11.3 Å². The van der Waals surface area contributed by atoms with Gasteiger partial charge in [-0.2, -0.15) is 0 Å². The van der Waals surface area contributed by atoms with Gasteiger partial charge in [0.25, 0.3) is 0 Å². The summed E-state index contributed by atoms with van der Waals surface area (Å²) in [5, 5.41) is 5.43. The highest BCUT2D eigenvalue weighted by atomic mass is 16.2. The largest absolute Gasteiger partial charge is 0.372 e. The van der Waals surface area contributed by atoms with Crippen molar-refractivity contribution in [2.75, 3.05) is 36.4 Å². The molecule has 2 aliphatic carbocycles. The van der Waals surface area contributed by atoms with Gasteiger partial charge in [0.2, 0.25) is 29.1 Å². The third-order valence-electron chi connectivity index (χ3n) is 6.72. The second-order valence-corrected chi connectivity index (χ2v) is 9.07. The summed E-state index contributed by atoms with van der Waals surface area (Å²) in [6.45, 7) is 13.6. The molecule has 2 aliphatic rings. The minimum atomic E-state index is -1.39. The number of hydrogen-bond acceptors (Lipinski definition) is 6. The van der Waals surface area contributed by atoms with E-state index in [1.807, 2.05) is 27.7 Å². The fraction of sp³-hybridized carbons (Fsp3) is 0.379. The van der Waals surface area contributed by atoms with Crippen molar-refractivity contribution < 1.29 is 28.5 Å². The summed E-state index contributed by atoms with van der Waals surface area (Å²) in [4.78, 5) is 66.3. The Morgan fingerprint density at radius 3 is 2.08 bits per heavy atom. The van der Waals surface area contributed by atoms with Gasteiger partial charge in [-0.15, -0.1) is 0 Å². The molecule has 0 radical (unpaired) electrons. The maximum Gasteiger partial charge on any atom is 0.234 e. The number of carbonyl (C=O) groups excluding carboxylic acids is 5. The van der Waals surface area contributed by atoms with E-state index in [4.69, 9.17) is 0 Å². The molecule has 0 aromatic heterocycles. The summed E-state index contributed by atoms with van der Waals surface area (Å²) in [6, 6.07) is 5.11. The zero-order chi connectivity index (χ0) is 28.1. The maximum absolute atomic E-state index is 13.7. The number of allylic oxidation sites excluding steroid dienone is 4. The summed E-state index contributed by atoms with van der Waals surface area (Å²) < 4.78 is 2.06. The molecule has 1 aromatic carbocycles. The highest BCUT2D eigenvalue weighted by Crippen LogP contribution is 2.38. The van der Waals surface area contributed by atoms with Gasteiger partial charge in [0.1, 0.15) is 19.0 Å². The fourth-order valence-electron chi connectivity index (χ4n) is 4.88. The first-order valence-electron chi connectivity index (χ1n) is 12.9. The highest BCUT2D eigenvalue weighted by molar-refractivity contribution is 6.61. The predicted molar refractivity (Wildman–Crippen MR) is 146 cm³/mol. The highest BCUT2D eigenvalue weighted by Gasteiger charge is 2.48. The molecule has 3 rings (SSSR count). The Balaban J connectivity index is 2.17. The zero-order valence-electron chi connectivity index (χ0n) is 22.8. The standard InChI is InChI=1S/C29H34N4O5/c1-7-32(8-2)19-11-13-21(23(15-19)30-17(5)34)25-27(36)26(29(38)28(25)37)22-14-12-20(33(9-3)10-4)16-24(22)31-18(6)35/h11-16,25H,7-10H2,1-6H3,(H,30,34)/p+1/b26-22-. The molecule has 9 nitrogen and oxygen atoms in total. The Labute approximate surface area is 223 Å². The smallest absolute Gasteiger partial charge is 0.234 e. The molecular weight excluding hydrogens is 484 g/mol. The molecule has 1 unspecified atom stereocenters. The molecule has 0 heterocycles. The average Bonchev–Trinajstić information content (AvgIpc) is 3.08. The predicted octanol–water partition coefficient (Wildman–Crippen LogP) is 2.68. The van der Waals surface area contributed by atoms with E-state index in [1.54, 1.807) is 36.4 Å². The number of rotatable bonds is 8. The molecule has 2 amide bonds. The van der Waals surface area contributed by atoms with Crippen LogP contribution in [-0.2, 0) is 24.0 Å². The van der Waals surface area contributed by atoms with Gasteiger partial charge in [-0.3, -0.25) is 24.0 Å². The summed E-state index contributed by atoms with van der Waals surface area (Å²) >= 11 is 0. The lowest BCUT2D eigenvalue weighted by molar-refractivity contribution is -0.519. The fourth-order valence-corrected chi connectivity index (χ4v) is 4.88. The minimum Gasteiger partial charge on any atom is -0.372 e. The number of nitrogens with zero attached hydrogens (tertiary/aromatic N) is 2. The van der Waals surface area contributed by atoms with Crippen LogP contribution in [0.4, 0.5) is 11.4 Å². The number of ketones is 3. The Bertz CT molecular complexity index is 1320. The van der Waals surface area contributed by atoms with Crippen molar-refractivity contribution in [3.8, 4) is 0 Å². The molecule has 200 valence electrons. The molecule has 1 aromatic rings. The third-order valence-corrected chi connectivity index (χ3v) is 6.72. The number of nitrogens with one attached hydrogen (secondary N) is 2. The minimum absolute atomic E-state index is 0.197. The molecule has 0 aliphatic heterocycles. The van der Waals surface area contributed by atoms with Crippen molar-refractivity contribution in [1.82, 2.24) is 5.32 Å². The van der Waals surface area contributed by atoms with Gasteiger partial charge in [-0.05, 0) is 51.5 Å². The molecule has 1 fully saturated rings. The first-order valence-corrected chi connectivity index (χ1v) is 12.9. The van der Waals surface area contributed by atoms with Gasteiger partial charge < -0.3 is 15.5 Å². The van der Waals surface area contributed by atoms with E-state index in [9.17, 15) is 24.0 Å². The van der Waals surface area contributed by atoms with Gasteiger partial charge in [0.15, 0.2) is 5.78 Å². The molecule has 0 spiro atoms. The van der Waals surface area contributed by atoms with Crippen molar-refractivity contribution in [3.63, 3.8) is 0 Å². The number of carbonyl (C=O) groups is 5. The van der Waals surface area contributed by atoms with E-state index in [1.165, 1.54) is 13.8 Å². The summed E-state index contributed by atoms with van der Waals surface area (Å²) in [5.74, 6) is -4.57. The van der Waals surface area contributed by atoms with Gasteiger partial charge in [0, 0.05) is 56.0 Å². The van der Waals surface area contributed by atoms with Crippen LogP contribution in [0.5, 0.6) is 0 Å². The Hall–Kier alpha value is -4.14. The van der Waals surface area contributed by atoms with Crippen LogP contribution < -0.4 is 15.5 Å². The second-order valence-electron chi connectivity index (χ2n) is 9.07. The topological polar surface area (TPSA) is 116 Å². The van der Waals surface area contributed by atoms with Crippen molar-refractivity contribution in [1.29, 1.82) is 0 Å². The zero-order valence-corrected chi connectivity index (χ0v) is 22.8. The van der Waals surface area contributed by atoms with Gasteiger partial charge >= 0.3 is 0 Å². The lowest BCUT2D eigenvalue weighted by Crippen LogP contribution is -2.27. The SMILES string of the molecule is CCN(CC)c1ccc(C2C(=O)C(=O)/C(=C3/C=CC(=[N+](CC)CC)C=C3NC(C)=O)C2=O)c(NC(C)=O)c1. The first-order chi connectivity index (χ1) is 18.1. The molecule has 0 bridgehead atoms. The lowest BCUT2D eigenvalue weighted by atomic mass is 9.91. The molecule has 38 heavy (non-hydrogen) atoms. The summed E-state index contributed by atoms with van der Waals surface area (Å²) in [5.41, 5.74) is 2.40. The van der Waals surface area contributed by atoms with Crippen LogP contribution in [0.2, 0.25) is 0 Å². The van der Waals surface area contributed by atoms with Crippen molar-refractivity contribution >= 4 is 46.3 Å². The summed E-state index contributed by atoms with van der Waals surface area (Å²) in [6.07, 6.45) is 5.06. The van der Waals surface area contributed by atoms with Crippen LogP contribution in [-0.4, -0.2) is 65.6 Å². The Morgan fingerprint density at radius 2 is 1.53 bits per heavy atom. The Morgan fingerprint density at radius 1 is 0.895 bits per heavy atom. The van der Waals surface area contributed by atoms with Crippen LogP contribution >= 0.6 is 0 Å². The van der Waals surface area contributed by atoms with Gasteiger partial charge in [-0.1, -0.05) is 6.07 Å². The normalized spacial score (nSPS) is 19.0. The second kappa shape index (κ2) is 11.9. The lowest BCUT2D eigenvalue weighted by Gasteiger charge is -2.23. The van der Waals surface area contributed by atoms with Crippen LogP contribution in [0.25, 0.3) is 0 Å². The molecule has 0 saturated heterocycles. The number of Topliss-reactive ketones (excluding diaryl/α,β-unsaturated/α-hetero) is 3. The third kappa shape index (κ3) is 5.56. The Kier molecular flexibility index (Phi) is 8.93. The van der Waals surface area contributed by atoms with Gasteiger partial charge in [-0.25, -0.2) is 4.58 Å². The van der Waals surface area contributed by atoms with Crippen LogP contribution in [0.3, 0.4) is 0 Å². The van der Waals surface area contributed by atoms with E-state index < -0.39 is 23.3 Å². The first kappa shape index (κ1) is 28.4. The quantitative estimate of drug-likeness (QED) is 0.179. The van der Waals surface area contributed by atoms with E-state index >= 15 is 0 Å². The maximum atomic E-state index is 13.7. The number of hydrogen-bond donors (Lipinski definition) is 2.